The first-order chi connectivity index (χ1) is 14.4. The summed E-state index contributed by atoms with van der Waals surface area (Å²) in [5, 5.41) is 15.8. The van der Waals surface area contributed by atoms with Gasteiger partial charge in [-0.2, -0.15) is 9.78 Å². The number of imidazole rings is 1. The Morgan fingerprint density at radius 3 is 2.80 bits per heavy atom. The number of benzene rings is 1. The van der Waals surface area contributed by atoms with Gasteiger partial charge in [0.2, 0.25) is 0 Å². The number of aliphatic hydroxyl groups is 1. The summed E-state index contributed by atoms with van der Waals surface area (Å²) in [7, 11) is 1.87. The van der Waals surface area contributed by atoms with Gasteiger partial charge in [0.15, 0.2) is 0 Å². The zero-order valence-electron chi connectivity index (χ0n) is 16.8. The first kappa shape index (κ1) is 20.9. The van der Waals surface area contributed by atoms with Crippen LogP contribution in [0.3, 0.4) is 0 Å². The lowest BCUT2D eigenvalue weighted by atomic mass is 9.91. The van der Waals surface area contributed by atoms with Crippen molar-refractivity contribution in [2.24, 2.45) is 13.0 Å². The van der Waals surface area contributed by atoms with Crippen LogP contribution in [0.5, 0.6) is 0 Å². The van der Waals surface area contributed by atoms with Gasteiger partial charge in [0.1, 0.15) is 17.0 Å². The summed E-state index contributed by atoms with van der Waals surface area (Å²) in [6.45, 7) is 3.20. The molecule has 1 aromatic carbocycles. The molecule has 1 saturated heterocycles. The lowest BCUT2D eigenvalue weighted by Gasteiger charge is -2.36. The molecule has 9 heteroatoms. The molecule has 0 bridgehead atoms. The summed E-state index contributed by atoms with van der Waals surface area (Å²) in [6.07, 6.45) is 6.16. The quantitative estimate of drug-likeness (QED) is 0.661. The number of hydrogen-bond acceptors (Lipinski definition) is 5. The molecule has 0 aliphatic carbocycles. The van der Waals surface area contributed by atoms with Crippen molar-refractivity contribution >= 4 is 28.9 Å². The van der Waals surface area contributed by atoms with Crippen LogP contribution in [0.4, 0.5) is 5.69 Å². The highest BCUT2D eigenvalue weighted by molar-refractivity contribution is 6.33. The number of aliphatic hydroxyl groups excluding tert-OH is 1. The molecule has 3 heterocycles. The van der Waals surface area contributed by atoms with E-state index in [4.69, 9.17) is 23.2 Å². The van der Waals surface area contributed by atoms with Gasteiger partial charge in [-0.15, -0.1) is 0 Å². The Kier molecular flexibility index (Phi) is 5.86. The number of aromatic nitrogens is 4. The summed E-state index contributed by atoms with van der Waals surface area (Å²) >= 11 is 12.7. The van der Waals surface area contributed by atoms with Gasteiger partial charge >= 0.3 is 0 Å². The molecule has 1 aliphatic rings. The topological polar surface area (TPSA) is 76.2 Å². The molecule has 4 rings (SSSR count). The third-order valence-corrected chi connectivity index (χ3v) is 6.43. The molecule has 2 aromatic heterocycles. The highest BCUT2D eigenvalue weighted by Crippen LogP contribution is 2.33. The molecule has 30 heavy (non-hydrogen) atoms. The Morgan fingerprint density at radius 1 is 1.30 bits per heavy atom. The first-order valence-corrected chi connectivity index (χ1v) is 10.6. The van der Waals surface area contributed by atoms with Gasteiger partial charge in [-0.1, -0.05) is 29.3 Å². The molecule has 2 atom stereocenters. The van der Waals surface area contributed by atoms with E-state index in [2.05, 4.69) is 10.1 Å². The predicted molar refractivity (Wildman–Crippen MR) is 118 cm³/mol. The highest BCUT2D eigenvalue weighted by Gasteiger charge is 2.30. The molecule has 0 saturated carbocycles. The molecule has 0 radical (unpaired) electrons. The zero-order valence-corrected chi connectivity index (χ0v) is 18.3. The van der Waals surface area contributed by atoms with Crippen LogP contribution >= 0.6 is 23.2 Å². The predicted octanol–water partition coefficient (Wildman–Crippen LogP) is 3.53. The van der Waals surface area contributed by atoms with Crippen LogP contribution in [0.25, 0.3) is 5.69 Å². The summed E-state index contributed by atoms with van der Waals surface area (Å²) in [4.78, 5) is 19.2. The molecular formula is C21H23Cl2N5O2. The number of halogens is 2. The Labute approximate surface area is 184 Å². The van der Waals surface area contributed by atoms with Crippen LogP contribution in [-0.2, 0) is 7.05 Å². The van der Waals surface area contributed by atoms with Crippen molar-refractivity contribution in [2.75, 3.05) is 18.0 Å². The van der Waals surface area contributed by atoms with E-state index in [-0.39, 0.29) is 10.9 Å². The highest BCUT2D eigenvalue weighted by atomic mass is 35.5. The molecule has 1 fully saturated rings. The second kappa shape index (κ2) is 8.41. The van der Waals surface area contributed by atoms with E-state index in [0.717, 1.165) is 24.9 Å². The number of nitrogens with zero attached hydrogens (tertiary/aromatic N) is 5. The Morgan fingerprint density at radius 2 is 2.10 bits per heavy atom. The average molecular weight is 448 g/mol. The third kappa shape index (κ3) is 3.85. The van der Waals surface area contributed by atoms with Crippen molar-refractivity contribution in [3.63, 3.8) is 0 Å². The normalized spacial score (nSPS) is 17.9. The van der Waals surface area contributed by atoms with Crippen LogP contribution in [-0.4, -0.2) is 37.5 Å². The first-order valence-electron chi connectivity index (χ1n) is 9.81. The largest absolute Gasteiger partial charge is 0.385 e. The molecule has 1 aliphatic heterocycles. The van der Waals surface area contributed by atoms with Crippen LogP contribution < -0.4 is 10.5 Å². The molecular weight excluding hydrogens is 425 g/mol. The van der Waals surface area contributed by atoms with E-state index >= 15 is 0 Å². The minimum absolute atomic E-state index is 0.0192. The van der Waals surface area contributed by atoms with E-state index < -0.39 is 11.7 Å². The lowest BCUT2D eigenvalue weighted by Crippen LogP contribution is -2.39. The monoisotopic (exact) mass is 447 g/mol. The number of aryl methyl sites for hydroxylation is 2. The molecule has 2 unspecified atom stereocenters. The van der Waals surface area contributed by atoms with Crippen LogP contribution in [0.1, 0.15) is 30.3 Å². The van der Waals surface area contributed by atoms with Gasteiger partial charge in [-0.25, -0.2) is 4.98 Å². The van der Waals surface area contributed by atoms with Crippen LogP contribution in [0.2, 0.25) is 10.0 Å². The average Bonchev–Trinajstić information content (AvgIpc) is 3.17. The third-order valence-electron chi connectivity index (χ3n) is 5.67. The number of piperidine rings is 1. The van der Waals surface area contributed by atoms with Crippen molar-refractivity contribution in [3.8, 4) is 5.69 Å². The van der Waals surface area contributed by atoms with E-state index in [0.29, 0.717) is 28.8 Å². The second-order valence-electron chi connectivity index (χ2n) is 7.68. The van der Waals surface area contributed by atoms with Crippen LogP contribution in [0, 0.1) is 12.8 Å². The zero-order chi connectivity index (χ0) is 21.4. The van der Waals surface area contributed by atoms with Gasteiger partial charge in [-0.3, -0.25) is 4.79 Å². The van der Waals surface area contributed by atoms with E-state index in [1.807, 2.05) is 35.7 Å². The minimum atomic E-state index is -0.686. The number of hydrogen-bond donors (Lipinski definition) is 1. The van der Waals surface area contributed by atoms with Crippen molar-refractivity contribution in [2.45, 2.75) is 25.9 Å². The van der Waals surface area contributed by atoms with E-state index in [9.17, 15) is 9.90 Å². The lowest BCUT2D eigenvalue weighted by molar-refractivity contribution is 0.0875. The Bertz CT molecular complexity index is 1130. The summed E-state index contributed by atoms with van der Waals surface area (Å²) in [6, 6.07) is 5.31. The van der Waals surface area contributed by atoms with Gasteiger partial charge in [0, 0.05) is 43.5 Å². The molecule has 7 nitrogen and oxygen atoms in total. The molecule has 158 valence electrons. The maximum absolute atomic E-state index is 12.9. The Balaban J connectivity index is 1.61. The summed E-state index contributed by atoms with van der Waals surface area (Å²) in [5.41, 5.74) is 1.65. The van der Waals surface area contributed by atoms with E-state index in [1.54, 1.807) is 24.5 Å². The molecule has 0 spiro atoms. The van der Waals surface area contributed by atoms with Crippen LogP contribution in [0.15, 0.2) is 41.6 Å². The number of anilines is 1. The fourth-order valence-electron chi connectivity index (χ4n) is 3.90. The molecule has 1 N–H and O–H groups in total. The fraction of sp³-hybridized carbons (Fsp3) is 0.381. The van der Waals surface area contributed by atoms with Crippen molar-refractivity contribution < 1.29 is 5.11 Å². The maximum Gasteiger partial charge on any atom is 0.292 e. The minimum Gasteiger partial charge on any atom is -0.385 e. The second-order valence-corrected chi connectivity index (χ2v) is 8.47. The fourth-order valence-corrected chi connectivity index (χ4v) is 4.32. The van der Waals surface area contributed by atoms with Crippen molar-refractivity contribution in [1.82, 2.24) is 19.3 Å². The van der Waals surface area contributed by atoms with Crippen molar-refractivity contribution in [3.05, 3.63) is 68.6 Å². The standard InChI is InChI=1S/C21H23Cl2N5O2/c1-13-5-6-15(10-16(13)22)28-21(30)18(23)17(11-25-28)27-8-3-4-14(12-27)19(29)20-24-7-9-26(20)2/h5-7,9-11,14,19,29H,3-4,8,12H2,1-2H3. The van der Waals surface area contributed by atoms with Gasteiger partial charge in [-0.05, 0) is 37.5 Å². The molecule has 0 amide bonds. The van der Waals surface area contributed by atoms with Crippen molar-refractivity contribution in [1.29, 1.82) is 0 Å². The smallest absolute Gasteiger partial charge is 0.292 e. The maximum atomic E-state index is 12.9. The van der Waals surface area contributed by atoms with Gasteiger partial charge < -0.3 is 14.6 Å². The van der Waals surface area contributed by atoms with Gasteiger partial charge in [0.25, 0.3) is 5.56 Å². The SMILES string of the molecule is Cc1ccc(-n2ncc(N3CCCC(C(O)c4nccn4C)C3)c(Cl)c2=O)cc1Cl. The molecule has 3 aromatic rings. The summed E-state index contributed by atoms with van der Waals surface area (Å²) in [5.74, 6) is 0.618. The van der Waals surface area contributed by atoms with Gasteiger partial charge in [0.05, 0.1) is 17.6 Å². The number of rotatable bonds is 4. The van der Waals surface area contributed by atoms with E-state index in [1.165, 1.54) is 4.68 Å². The summed E-state index contributed by atoms with van der Waals surface area (Å²) < 4.78 is 3.08. The Hall–Kier alpha value is -2.35.